The first-order valence-electron chi connectivity index (χ1n) is 11.7. The highest BCUT2D eigenvalue weighted by Gasteiger charge is 2.35. The third-order valence-corrected chi connectivity index (χ3v) is 6.90. The lowest BCUT2D eigenvalue weighted by Crippen LogP contribution is -2.38. The number of rotatable bonds is 9. The van der Waals surface area contributed by atoms with Crippen molar-refractivity contribution in [3.8, 4) is 17.3 Å². The second kappa shape index (κ2) is 10.5. The normalized spacial score (nSPS) is 17.9. The standard InChI is InChI=1S/C24H32N6O3S/c1-6-17-21(27-18-13-29(14-19(18)33-8-3)24-25-11-12-34-24)23(31)30(7-2)22(28-17)16-9-10-20(32-5)26-15(16)4/h9-12,18-19,27H,6-8,13-14H2,1-5H3/t18-,19-/m1/s1. The molecule has 0 unspecified atom stereocenters. The molecule has 4 heterocycles. The Labute approximate surface area is 203 Å². The maximum absolute atomic E-state index is 13.7. The van der Waals surface area contributed by atoms with Crippen molar-refractivity contribution in [1.82, 2.24) is 19.5 Å². The predicted molar refractivity (Wildman–Crippen MR) is 135 cm³/mol. The van der Waals surface area contributed by atoms with Crippen LogP contribution in [0.15, 0.2) is 28.5 Å². The molecular formula is C24H32N6O3S. The Morgan fingerprint density at radius 2 is 2.03 bits per heavy atom. The van der Waals surface area contributed by atoms with Crippen LogP contribution in [0.3, 0.4) is 0 Å². The number of methoxy groups -OCH3 is 1. The van der Waals surface area contributed by atoms with Gasteiger partial charge in [-0.25, -0.2) is 15.0 Å². The molecule has 0 amide bonds. The topological polar surface area (TPSA) is 94.4 Å². The van der Waals surface area contributed by atoms with Gasteiger partial charge in [0.15, 0.2) is 5.13 Å². The molecule has 0 spiro atoms. The van der Waals surface area contributed by atoms with Crippen molar-refractivity contribution in [3.63, 3.8) is 0 Å². The first kappa shape index (κ1) is 24.2. The minimum absolute atomic E-state index is 0.0517. The molecule has 0 aromatic carbocycles. The number of pyridine rings is 1. The quantitative estimate of drug-likeness (QED) is 0.494. The fourth-order valence-electron chi connectivity index (χ4n) is 4.40. The Kier molecular flexibility index (Phi) is 7.47. The Morgan fingerprint density at radius 1 is 1.21 bits per heavy atom. The largest absolute Gasteiger partial charge is 0.481 e. The lowest BCUT2D eigenvalue weighted by molar-refractivity contribution is 0.0720. The van der Waals surface area contributed by atoms with Crippen molar-refractivity contribution >= 4 is 22.2 Å². The van der Waals surface area contributed by atoms with Gasteiger partial charge in [-0.3, -0.25) is 9.36 Å². The molecule has 0 saturated carbocycles. The number of thiazole rings is 1. The number of nitrogens with zero attached hydrogens (tertiary/aromatic N) is 5. The zero-order valence-electron chi connectivity index (χ0n) is 20.4. The number of aromatic nitrogens is 4. The molecule has 9 nitrogen and oxygen atoms in total. The van der Waals surface area contributed by atoms with Crippen molar-refractivity contribution < 1.29 is 9.47 Å². The van der Waals surface area contributed by atoms with E-state index in [0.717, 1.165) is 28.6 Å². The summed E-state index contributed by atoms with van der Waals surface area (Å²) in [4.78, 5) is 29.8. The average Bonchev–Trinajstić information content (AvgIpc) is 3.51. The Bertz CT molecular complexity index is 1180. The number of hydrogen-bond donors (Lipinski definition) is 1. The van der Waals surface area contributed by atoms with Gasteiger partial charge in [-0.05, 0) is 33.3 Å². The van der Waals surface area contributed by atoms with Crippen molar-refractivity contribution in [3.05, 3.63) is 45.5 Å². The molecule has 1 aliphatic heterocycles. The number of ether oxygens (including phenoxy) is 2. The summed E-state index contributed by atoms with van der Waals surface area (Å²) in [5.74, 6) is 1.16. The van der Waals surface area contributed by atoms with Crippen LogP contribution in [0.2, 0.25) is 0 Å². The van der Waals surface area contributed by atoms with Gasteiger partial charge in [0.05, 0.1) is 30.6 Å². The molecule has 34 heavy (non-hydrogen) atoms. The van der Waals surface area contributed by atoms with E-state index in [2.05, 4.69) is 20.2 Å². The van der Waals surface area contributed by atoms with Gasteiger partial charge in [0.25, 0.3) is 5.56 Å². The second-order valence-corrected chi connectivity index (χ2v) is 8.98. The van der Waals surface area contributed by atoms with E-state index in [-0.39, 0.29) is 17.7 Å². The fraction of sp³-hybridized carbons (Fsp3) is 0.500. The highest BCUT2D eigenvalue weighted by atomic mass is 32.1. The van der Waals surface area contributed by atoms with Crippen molar-refractivity contribution in [1.29, 1.82) is 0 Å². The fourth-order valence-corrected chi connectivity index (χ4v) is 5.06. The molecule has 4 rings (SSSR count). The molecule has 3 aromatic rings. The van der Waals surface area contributed by atoms with E-state index in [0.29, 0.717) is 43.5 Å². The lowest BCUT2D eigenvalue weighted by Gasteiger charge is -2.23. The predicted octanol–water partition coefficient (Wildman–Crippen LogP) is 3.37. The second-order valence-electron chi connectivity index (χ2n) is 8.11. The molecule has 3 aromatic heterocycles. The van der Waals surface area contributed by atoms with Gasteiger partial charge in [-0.2, -0.15) is 0 Å². The molecular weight excluding hydrogens is 452 g/mol. The summed E-state index contributed by atoms with van der Waals surface area (Å²) in [5, 5.41) is 6.46. The highest BCUT2D eigenvalue weighted by molar-refractivity contribution is 7.13. The van der Waals surface area contributed by atoms with Crippen molar-refractivity contribution in [2.75, 3.05) is 37.0 Å². The number of aryl methyl sites for hydroxylation is 2. The smallest absolute Gasteiger partial charge is 0.277 e. The Balaban J connectivity index is 1.72. The van der Waals surface area contributed by atoms with Crippen LogP contribution in [0.1, 0.15) is 32.2 Å². The molecule has 1 aliphatic rings. The van der Waals surface area contributed by atoms with E-state index in [9.17, 15) is 4.79 Å². The minimum Gasteiger partial charge on any atom is -0.481 e. The molecule has 2 atom stereocenters. The van der Waals surface area contributed by atoms with Crippen LogP contribution >= 0.6 is 11.3 Å². The third-order valence-electron chi connectivity index (χ3n) is 6.07. The Hall–Kier alpha value is -2.98. The summed E-state index contributed by atoms with van der Waals surface area (Å²) in [7, 11) is 1.59. The maximum Gasteiger partial charge on any atom is 0.277 e. The zero-order valence-corrected chi connectivity index (χ0v) is 21.2. The van der Waals surface area contributed by atoms with Crippen LogP contribution in [0.4, 0.5) is 10.8 Å². The monoisotopic (exact) mass is 484 g/mol. The summed E-state index contributed by atoms with van der Waals surface area (Å²) >= 11 is 1.61. The van der Waals surface area contributed by atoms with Crippen LogP contribution in [0.5, 0.6) is 5.88 Å². The first-order chi connectivity index (χ1) is 16.5. The van der Waals surface area contributed by atoms with E-state index in [1.54, 1.807) is 29.1 Å². The van der Waals surface area contributed by atoms with E-state index in [4.69, 9.17) is 14.5 Å². The molecule has 0 aliphatic carbocycles. The third kappa shape index (κ3) is 4.65. The summed E-state index contributed by atoms with van der Waals surface area (Å²) in [6, 6.07) is 3.66. The van der Waals surface area contributed by atoms with E-state index >= 15 is 0 Å². The molecule has 0 bridgehead atoms. The highest BCUT2D eigenvalue weighted by Crippen LogP contribution is 2.28. The van der Waals surface area contributed by atoms with Gasteiger partial charge in [0.1, 0.15) is 11.5 Å². The summed E-state index contributed by atoms with van der Waals surface area (Å²) < 4.78 is 13.0. The van der Waals surface area contributed by atoms with Gasteiger partial charge in [0, 0.05) is 49.4 Å². The SMILES string of the molecule is CCO[C@@H]1CN(c2nccs2)C[C@H]1Nc1c(CC)nc(-c2ccc(OC)nc2C)n(CC)c1=O. The van der Waals surface area contributed by atoms with Crippen LogP contribution in [-0.2, 0) is 17.7 Å². The van der Waals surface area contributed by atoms with Gasteiger partial charge in [0.2, 0.25) is 5.88 Å². The summed E-state index contributed by atoms with van der Waals surface area (Å²) in [6.45, 7) is 10.4. The van der Waals surface area contributed by atoms with Crippen LogP contribution in [0.25, 0.3) is 11.4 Å². The molecule has 10 heteroatoms. The first-order valence-corrected chi connectivity index (χ1v) is 12.6. The van der Waals surface area contributed by atoms with Crippen LogP contribution in [-0.4, -0.2) is 58.5 Å². The zero-order chi connectivity index (χ0) is 24.2. The average molecular weight is 485 g/mol. The number of hydrogen-bond acceptors (Lipinski definition) is 9. The maximum atomic E-state index is 13.7. The molecule has 1 N–H and O–H groups in total. The van der Waals surface area contributed by atoms with Crippen LogP contribution in [0, 0.1) is 6.92 Å². The van der Waals surface area contributed by atoms with Crippen molar-refractivity contribution in [2.24, 2.45) is 0 Å². The number of nitrogens with one attached hydrogen (secondary N) is 1. The minimum atomic E-state index is -0.0810. The molecule has 1 fully saturated rings. The van der Waals surface area contributed by atoms with E-state index < -0.39 is 0 Å². The Morgan fingerprint density at radius 3 is 2.65 bits per heavy atom. The van der Waals surface area contributed by atoms with Crippen LogP contribution < -0.4 is 20.5 Å². The number of anilines is 2. The van der Waals surface area contributed by atoms with E-state index in [1.807, 2.05) is 45.3 Å². The molecule has 1 saturated heterocycles. The van der Waals surface area contributed by atoms with Gasteiger partial charge in [-0.15, -0.1) is 11.3 Å². The summed E-state index contributed by atoms with van der Waals surface area (Å²) in [5.41, 5.74) is 2.79. The van der Waals surface area contributed by atoms with E-state index in [1.165, 1.54) is 0 Å². The van der Waals surface area contributed by atoms with Gasteiger partial charge in [-0.1, -0.05) is 6.92 Å². The van der Waals surface area contributed by atoms with Crippen molar-refractivity contribution in [2.45, 2.75) is 52.8 Å². The van der Waals surface area contributed by atoms with Gasteiger partial charge >= 0.3 is 0 Å². The lowest BCUT2D eigenvalue weighted by atomic mass is 10.1. The molecule has 182 valence electrons. The summed E-state index contributed by atoms with van der Waals surface area (Å²) in [6.07, 6.45) is 2.38. The molecule has 0 radical (unpaired) electrons. The van der Waals surface area contributed by atoms with Gasteiger partial charge < -0.3 is 19.7 Å².